The van der Waals surface area contributed by atoms with E-state index in [1.165, 1.54) is 11.3 Å². The minimum atomic E-state index is -0.0814. The predicted octanol–water partition coefficient (Wildman–Crippen LogP) is 1.69. The standard InChI is InChI=1S/C14H14N4O2S/c1-20-11-4-2-3-10-12(11)16-8-18(13(10)19)6-5-9-7-21-14(15)17-9/h2-4,7-8H,5-6H2,1H3,(H2,15,17). The van der Waals surface area contributed by atoms with E-state index in [2.05, 4.69) is 9.97 Å². The molecule has 0 aliphatic carbocycles. The third-order valence-electron chi connectivity index (χ3n) is 3.21. The Hall–Kier alpha value is -2.41. The number of hydrogen-bond donors (Lipinski definition) is 1. The van der Waals surface area contributed by atoms with Gasteiger partial charge in [-0.15, -0.1) is 11.3 Å². The summed E-state index contributed by atoms with van der Waals surface area (Å²) in [5, 5.41) is 2.99. The number of nitrogens with zero attached hydrogens (tertiary/aromatic N) is 3. The van der Waals surface area contributed by atoms with Crippen molar-refractivity contribution in [2.75, 3.05) is 12.8 Å². The monoisotopic (exact) mass is 302 g/mol. The van der Waals surface area contributed by atoms with Crippen LogP contribution in [0.5, 0.6) is 5.75 Å². The van der Waals surface area contributed by atoms with Crippen molar-refractivity contribution in [3.8, 4) is 5.75 Å². The third-order valence-corrected chi connectivity index (χ3v) is 3.94. The molecule has 0 saturated carbocycles. The Bertz CT molecular complexity index is 840. The quantitative estimate of drug-likeness (QED) is 0.793. The lowest BCUT2D eigenvalue weighted by atomic mass is 10.2. The van der Waals surface area contributed by atoms with E-state index in [0.29, 0.717) is 34.7 Å². The van der Waals surface area contributed by atoms with Gasteiger partial charge in [-0.3, -0.25) is 9.36 Å². The maximum absolute atomic E-state index is 12.4. The molecule has 3 rings (SSSR count). The molecular weight excluding hydrogens is 288 g/mol. The van der Waals surface area contributed by atoms with Crippen LogP contribution in [0.25, 0.3) is 10.9 Å². The van der Waals surface area contributed by atoms with Crippen LogP contribution < -0.4 is 16.0 Å². The first-order valence-electron chi connectivity index (χ1n) is 6.41. The SMILES string of the molecule is COc1cccc2c(=O)n(CCc3csc(N)n3)cnc12. The molecule has 3 aromatic rings. The van der Waals surface area contributed by atoms with Crippen molar-refractivity contribution in [1.29, 1.82) is 0 Å². The van der Waals surface area contributed by atoms with Gasteiger partial charge >= 0.3 is 0 Å². The van der Waals surface area contributed by atoms with Gasteiger partial charge in [0.05, 0.1) is 24.5 Å². The van der Waals surface area contributed by atoms with E-state index in [1.54, 1.807) is 36.2 Å². The van der Waals surface area contributed by atoms with E-state index >= 15 is 0 Å². The second-order valence-electron chi connectivity index (χ2n) is 4.53. The van der Waals surface area contributed by atoms with Gasteiger partial charge in [-0.2, -0.15) is 0 Å². The van der Waals surface area contributed by atoms with Gasteiger partial charge in [-0.25, -0.2) is 9.97 Å². The molecule has 0 amide bonds. The zero-order valence-corrected chi connectivity index (χ0v) is 12.3. The number of fused-ring (bicyclic) bond motifs is 1. The highest BCUT2D eigenvalue weighted by Crippen LogP contribution is 2.20. The number of aromatic nitrogens is 3. The summed E-state index contributed by atoms with van der Waals surface area (Å²) < 4.78 is 6.80. The molecule has 0 bridgehead atoms. The lowest BCUT2D eigenvalue weighted by molar-refractivity contribution is 0.418. The fourth-order valence-corrected chi connectivity index (χ4v) is 2.76. The Labute approximate surface area is 124 Å². The Balaban J connectivity index is 1.93. The second-order valence-corrected chi connectivity index (χ2v) is 5.42. The van der Waals surface area contributed by atoms with E-state index in [0.717, 1.165) is 5.69 Å². The van der Waals surface area contributed by atoms with Crippen LogP contribution in [-0.4, -0.2) is 21.6 Å². The molecule has 21 heavy (non-hydrogen) atoms. The van der Waals surface area contributed by atoms with Gasteiger partial charge in [-0.1, -0.05) is 6.07 Å². The molecule has 7 heteroatoms. The summed E-state index contributed by atoms with van der Waals surface area (Å²) in [7, 11) is 1.56. The Morgan fingerprint density at radius 1 is 1.43 bits per heavy atom. The number of hydrogen-bond acceptors (Lipinski definition) is 6. The van der Waals surface area contributed by atoms with Gasteiger partial charge < -0.3 is 10.5 Å². The van der Waals surface area contributed by atoms with Crippen LogP contribution >= 0.6 is 11.3 Å². The Kier molecular flexibility index (Phi) is 3.57. The smallest absolute Gasteiger partial charge is 0.261 e. The largest absolute Gasteiger partial charge is 0.494 e. The summed E-state index contributed by atoms with van der Waals surface area (Å²) in [6.07, 6.45) is 2.19. The van der Waals surface area contributed by atoms with Crippen LogP contribution in [0.1, 0.15) is 5.69 Å². The van der Waals surface area contributed by atoms with Crippen LogP contribution in [-0.2, 0) is 13.0 Å². The van der Waals surface area contributed by atoms with Gasteiger partial charge in [0.25, 0.3) is 5.56 Å². The van der Waals surface area contributed by atoms with E-state index in [1.807, 2.05) is 5.38 Å². The van der Waals surface area contributed by atoms with E-state index < -0.39 is 0 Å². The first-order chi connectivity index (χ1) is 10.2. The minimum Gasteiger partial charge on any atom is -0.494 e. The number of anilines is 1. The molecule has 0 atom stereocenters. The molecule has 2 heterocycles. The fourth-order valence-electron chi connectivity index (χ4n) is 2.16. The lowest BCUT2D eigenvalue weighted by Crippen LogP contribution is -2.21. The first-order valence-corrected chi connectivity index (χ1v) is 7.29. The number of ether oxygens (including phenoxy) is 1. The zero-order valence-electron chi connectivity index (χ0n) is 11.4. The summed E-state index contributed by atoms with van der Waals surface area (Å²) in [6, 6.07) is 5.33. The highest BCUT2D eigenvalue weighted by Gasteiger charge is 2.08. The average molecular weight is 302 g/mol. The lowest BCUT2D eigenvalue weighted by Gasteiger charge is -2.07. The summed E-state index contributed by atoms with van der Waals surface area (Å²) in [6.45, 7) is 0.516. The zero-order chi connectivity index (χ0) is 14.8. The van der Waals surface area contributed by atoms with Crippen molar-refractivity contribution in [2.24, 2.45) is 0 Å². The van der Waals surface area contributed by atoms with Crippen LogP contribution in [0.2, 0.25) is 0 Å². The number of nitrogen functional groups attached to an aromatic ring is 1. The third kappa shape index (κ3) is 2.59. The minimum absolute atomic E-state index is 0.0814. The summed E-state index contributed by atoms with van der Waals surface area (Å²) in [5.74, 6) is 0.601. The van der Waals surface area contributed by atoms with Gasteiger partial charge in [0.1, 0.15) is 11.3 Å². The highest BCUT2D eigenvalue weighted by atomic mass is 32.1. The van der Waals surface area contributed by atoms with Gasteiger partial charge in [-0.05, 0) is 12.1 Å². The topological polar surface area (TPSA) is 83.0 Å². The van der Waals surface area contributed by atoms with Crippen LogP contribution in [0.15, 0.2) is 34.7 Å². The summed E-state index contributed by atoms with van der Waals surface area (Å²) in [5.41, 5.74) is 6.98. The molecule has 0 aliphatic heterocycles. The normalized spacial score (nSPS) is 10.9. The predicted molar refractivity (Wildman–Crippen MR) is 82.8 cm³/mol. The number of aryl methyl sites for hydroxylation is 2. The molecule has 0 spiro atoms. The molecule has 2 aromatic heterocycles. The number of benzene rings is 1. The van der Waals surface area contributed by atoms with Crippen molar-refractivity contribution < 1.29 is 4.74 Å². The molecule has 0 fully saturated rings. The Morgan fingerprint density at radius 3 is 3.00 bits per heavy atom. The van der Waals surface area contributed by atoms with Crippen molar-refractivity contribution in [2.45, 2.75) is 13.0 Å². The van der Waals surface area contributed by atoms with Crippen molar-refractivity contribution in [3.05, 3.63) is 46.0 Å². The number of para-hydroxylation sites is 1. The first kappa shape index (κ1) is 13.6. The maximum atomic E-state index is 12.4. The Morgan fingerprint density at radius 2 is 2.29 bits per heavy atom. The van der Waals surface area contributed by atoms with Gasteiger partial charge in [0.2, 0.25) is 0 Å². The number of nitrogens with two attached hydrogens (primary N) is 1. The maximum Gasteiger partial charge on any atom is 0.261 e. The average Bonchev–Trinajstić information content (AvgIpc) is 2.92. The second kappa shape index (κ2) is 5.53. The van der Waals surface area contributed by atoms with Crippen LogP contribution in [0.4, 0.5) is 5.13 Å². The number of methoxy groups -OCH3 is 1. The van der Waals surface area contributed by atoms with Crippen molar-refractivity contribution >= 4 is 27.4 Å². The molecule has 0 aliphatic rings. The molecule has 0 saturated heterocycles. The van der Waals surface area contributed by atoms with Crippen LogP contribution in [0.3, 0.4) is 0 Å². The summed E-state index contributed by atoms with van der Waals surface area (Å²) in [4.78, 5) is 21.0. The van der Waals surface area contributed by atoms with E-state index in [4.69, 9.17) is 10.5 Å². The molecule has 2 N–H and O–H groups in total. The molecule has 0 unspecified atom stereocenters. The molecule has 0 radical (unpaired) electrons. The number of thiazole rings is 1. The summed E-state index contributed by atoms with van der Waals surface area (Å²) >= 11 is 1.40. The fraction of sp³-hybridized carbons (Fsp3) is 0.214. The molecule has 108 valence electrons. The van der Waals surface area contributed by atoms with Crippen molar-refractivity contribution in [1.82, 2.24) is 14.5 Å². The van der Waals surface area contributed by atoms with Gasteiger partial charge in [0.15, 0.2) is 5.13 Å². The number of rotatable bonds is 4. The molecular formula is C14H14N4O2S. The highest BCUT2D eigenvalue weighted by molar-refractivity contribution is 7.13. The molecule has 6 nitrogen and oxygen atoms in total. The van der Waals surface area contributed by atoms with E-state index in [-0.39, 0.29) is 5.56 Å². The van der Waals surface area contributed by atoms with Crippen LogP contribution in [0, 0.1) is 0 Å². The van der Waals surface area contributed by atoms with Crippen molar-refractivity contribution in [3.63, 3.8) is 0 Å². The van der Waals surface area contributed by atoms with E-state index in [9.17, 15) is 4.79 Å². The molecule has 1 aromatic carbocycles. The van der Waals surface area contributed by atoms with Gasteiger partial charge in [0, 0.05) is 18.3 Å².